The number of Topliss-reactive ketones (excluding diaryl/α,β-unsaturated/α-hetero) is 1. The van der Waals surface area contributed by atoms with Gasteiger partial charge >= 0.3 is 0 Å². The van der Waals surface area contributed by atoms with E-state index in [9.17, 15) is 14.3 Å². The number of ketones is 1. The molecule has 5 nitrogen and oxygen atoms in total. The molecule has 0 bridgehead atoms. The summed E-state index contributed by atoms with van der Waals surface area (Å²) in [7, 11) is 1.46. The summed E-state index contributed by atoms with van der Waals surface area (Å²) in [5, 5.41) is 17.5. The first-order valence-electron chi connectivity index (χ1n) is 7.10. The van der Waals surface area contributed by atoms with E-state index in [-0.39, 0.29) is 28.8 Å². The normalized spacial score (nSPS) is 18.1. The molecule has 1 aliphatic heterocycles. The second-order valence-corrected chi connectivity index (χ2v) is 5.07. The Bertz CT molecular complexity index is 665. The predicted octanol–water partition coefficient (Wildman–Crippen LogP) is 3.41. The molecule has 0 amide bonds. The van der Waals surface area contributed by atoms with E-state index in [0.717, 1.165) is 0 Å². The van der Waals surface area contributed by atoms with Gasteiger partial charge in [-0.2, -0.15) is 10.2 Å². The van der Waals surface area contributed by atoms with Gasteiger partial charge in [-0.15, -0.1) is 0 Å². The lowest BCUT2D eigenvalue weighted by Gasteiger charge is -2.08. The first kappa shape index (κ1) is 16.0. The zero-order valence-electron chi connectivity index (χ0n) is 12.6. The van der Waals surface area contributed by atoms with Crippen LogP contribution in [0.4, 0.5) is 4.39 Å². The maximum Gasteiger partial charge on any atom is 0.180 e. The number of aliphatic imine (C=N–C) groups is 1. The van der Waals surface area contributed by atoms with Crippen molar-refractivity contribution in [3.8, 4) is 0 Å². The summed E-state index contributed by atoms with van der Waals surface area (Å²) in [5.41, 5.74) is 0.929. The Kier molecular flexibility index (Phi) is 5.14. The van der Waals surface area contributed by atoms with Crippen molar-refractivity contribution < 1.29 is 14.3 Å². The van der Waals surface area contributed by atoms with E-state index in [1.807, 2.05) is 0 Å². The maximum atomic E-state index is 13.5. The number of halogens is 1. The van der Waals surface area contributed by atoms with Crippen LogP contribution >= 0.6 is 0 Å². The summed E-state index contributed by atoms with van der Waals surface area (Å²) in [5.74, 6) is -0.531. The lowest BCUT2D eigenvalue weighted by Crippen LogP contribution is -2.09. The van der Waals surface area contributed by atoms with Gasteiger partial charge in [-0.05, 0) is 30.9 Å². The molecule has 1 aliphatic rings. The Morgan fingerprint density at radius 2 is 2.14 bits per heavy atom. The van der Waals surface area contributed by atoms with Gasteiger partial charge in [0.2, 0.25) is 0 Å². The summed E-state index contributed by atoms with van der Waals surface area (Å²) in [6.07, 6.45) is 1.70. The SMILES string of the molecule is C/N=N\C1=C(O)C(CCCc2ccccc2F)N=C1C(C)=O. The summed E-state index contributed by atoms with van der Waals surface area (Å²) in [6.45, 7) is 1.37. The van der Waals surface area contributed by atoms with Crippen LogP contribution in [0.1, 0.15) is 25.3 Å². The monoisotopic (exact) mass is 303 g/mol. The highest BCUT2D eigenvalue weighted by Crippen LogP contribution is 2.25. The molecule has 22 heavy (non-hydrogen) atoms. The van der Waals surface area contributed by atoms with Gasteiger partial charge in [0.05, 0.1) is 0 Å². The van der Waals surface area contributed by atoms with Crippen LogP contribution in [-0.4, -0.2) is 29.7 Å². The molecule has 0 aromatic heterocycles. The van der Waals surface area contributed by atoms with Crippen LogP contribution < -0.4 is 0 Å². The standard InChI is InChI=1S/C16H18FN3O2/c1-10(21)14-15(20-18-2)16(22)13(19-14)9-5-7-11-6-3-4-8-12(11)17/h3-4,6,8,13,22H,5,7,9H2,1-2H3/b20-18-. The van der Waals surface area contributed by atoms with Gasteiger partial charge in [-0.25, -0.2) is 4.39 Å². The first-order chi connectivity index (χ1) is 10.5. The number of aliphatic hydroxyl groups excluding tert-OH is 1. The van der Waals surface area contributed by atoms with Crippen LogP contribution in [0.2, 0.25) is 0 Å². The number of azo groups is 1. The van der Waals surface area contributed by atoms with Gasteiger partial charge in [0, 0.05) is 14.0 Å². The second kappa shape index (κ2) is 7.06. The van der Waals surface area contributed by atoms with Gasteiger partial charge in [-0.1, -0.05) is 18.2 Å². The maximum absolute atomic E-state index is 13.5. The Morgan fingerprint density at radius 1 is 1.41 bits per heavy atom. The van der Waals surface area contributed by atoms with E-state index < -0.39 is 6.04 Å². The third kappa shape index (κ3) is 3.44. The van der Waals surface area contributed by atoms with E-state index in [4.69, 9.17) is 0 Å². The summed E-state index contributed by atoms with van der Waals surface area (Å²) >= 11 is 0. The predicted molar refractivity (Wildman–Crippen MR) is 81.7 cm³/mol. The Labute approximate surface area is 128 Å². The molecule has 1 aromatic rings. The molecule has 1 atom stereocenters. The lowest BCUT2D eigenvalue weighted by atomic mass is 10.0. The number of rotatable bonds is 6. The number of hydrogen-bond acceptors (Lipinski definition) is 5. The van der Waals surface area contributed by atoms with Crippen molar-refractivity contribution in [2.24, 2.45) is 15.2 Å². The highest BCUT2D eigenvalue weighted by atomic mass is 19.1. The van der Waals surface area contributed by atoms with Crippen LogP contribution in [0.15, 0.2) is 50.9 Å². The number of hydrogen-bond donors (Lipinski definition) is 1. The van der Waals surface area contributed by atoms with Crippen LogP contribution in [0.3, 0.4) is 0 Å². The molecular formula is C16H18FN3O2. The molecule has 116 valence electrons. The number of nitrogens with zero attached hydrogens (tertiary/aromatic N) is 3. The quantitative estimate of drug-likeness (QED) is 0.818. The first-order valence-corrected chi connectivity index (χ1v) is 7.10. The van der Waals surface area contributed by atoms with Gasteiger partial charge in [0.25, 0.3) is 0 Å². The molecule has 1 N–H and O–H groups in total. The summed E-state index contributed by atoms with van der Waals surface area (Å²) in [4.78, 5) is 15.8. The molecule has 6 heteroatoms. The highest BCUT2D eigenvalue weighted by Gasteiger charge is 2.30. The topological polar surface area (TPSA) is 74.4 Å². The van der Waals surface area contributed by atoms with Crippen LogP contribution in [0, 0.1) is 5.82 Å². The summed E-state index contributed by atoms with van der Waals surface area (Å²) < 4.78 is 13.5. The molecule has 1 aromatic carbocycles. The average molecular weight is 303 g/mol. The zero-order chi connectivity index (χ0) is 16.1. The number of aliphatic hydroxyl groups is 1. The molecule has 0 aliphatic carbocycles. The number of aryl methyl sites for hydroxylation is 1. The molecule has 0 saturated heterocycles. The second-order valence-electron chi connectivity index (χ2n) is 5.07. The number of allylic oxidation sites excluding steroid dienone is 1. The van der Waals surface area contributed by atoms with Gasteiger partial charge in [0.1, 0.15) is 23.3 Å². The van der Waals surface area contributed by atoms with Crippen LogP contribution in [0.25, 0.3) is 0 Å². The van der Waals surface area contributed by atoms with E-state index in [1.54, 1.807) is 18.2 Å². The molecule has 0 radical (unpaired) electrons. The van der Waals surface area contributed by atoms with Crippen molar-refractivity contribution in [2.75, 3.05) is 7.05 Å². The molecule has 1 heterocycles. The molecular weight excluding hydrogens is 285 g/mol. The van der Waals surface area contributed by atoms with E-state index in [1.165, 1.54) is 20.0 Å². The Hall–Kier alpha value is -2.37. The minimum atomic E-state index is -0.508. The summed E-state index contributed by atoms with van der Waals surface area (Å²) in [6, 6.07) is 6.09. The van der Waals surface area contributed by atoms with Gasteiger partial charge in [0.15, 0.2) is 11.5 Å². The third-order valence-corrected chi connectivity index (χ3v) is 3.48. The minimum absolute atomic E-state index is 0.0377. The van der Waals surface area contributed by atoms with E-state index in [0.29, 0.717) is 24.8 Å². The minimum Gasteiger partial charge on any atom is -0.508 e. The molecule has 0 saturated carbocycles. The van der Waals surface area contributed by atoms with Crippen molar-refractivity contribution in [3.63, 3.8) is 0 Å². The zero-order valence-corrected chi connectivity index (χ0v) is 12.6. The van der Waals surface area contributed by atoms with Crippen molar-refractivity contribution in [1.29, 1.82) is 0 Å². The molecule has 1 unspecified atom stereocenters. The number of carbonyl (C=O) groups excluding carboxylic acids is 1. The highest BCUT2D eigenvalue weighted by molar-refractivity contribution is 6.46. The molecule has 2 rings (SSSR count). The lowest BCUT2D eigenvalue weighted by molar-refractivity contribution is -0.111. The third-order valence-electron chi connectivity index (χ3n) is 3.48. The van der Waals surface area contributed by atoms with E-state index >= 15 is 0 Å². The van der Waals surface area contributed by atoms with E-state index in [2.05, 4.69) is 15.2 Å². The van der Waals surface area contributed by atoms with Crippen molar-refractivity contribution in [3.05, 3.63) is 47.1 Å². The fraction of sp³-hybridized carbons (Fsp3) is 0.375. The smallest absolute Gasteiger partial charge is 0.180 e. The van der Waals surface area contributed by atoms with Crippen molar-refractivity contribution in [2.45, 2.75) is 32.2 Å². The fourth-order valence-corrected chi connectivity index (χ4v) is 2.40. The van der Waals surface area contributed by atoms with Crippen LogP contribution in [-0.2, 0) is 11.2 Å². The number of benzene rings is 1. The fourth-order valence-electron chi connectivity index (χ4n) is 2.40. The Morgan fingerprint density at radius 3 is 2.77 bits per heavy atom. The number of carbonyl (C=O) groups is 1. The largest absolute Gasteiger partial charge is 0.508 e. The van der Waals surface area contributed by atoms with Crippen molar-refractivity contribution in [1.82, 2.24) is 0 Å². The Balaban J connectivity index is 2.04. The van der Waals surface area contributed by atoms with Crippen LogP contribution in [0.5, 0.6) is 0 Å². The molecule has 0 spiro atoms. The molecule has 0 fully saturated rings. The van der Waals surface area contributed by atoms with Gasteiger partial charge < -0.3 is 5.11 Å². The van der Waals surface area contributed by atoms with Gasteiger partial charge in [-0.3, -0.25) is 9.79 Å². The average Bonchev–Trinajstić information content (AvgIpc) is 2.79. The van der Waals surface area contributed by atoms with Crippen molar-refractivity contribution >= 4 is 11.5 Å².